The second-order valence-corrected chi connectivity index (χ2v) is 6.47. The molecule has 1 atom stereocenters. The summed E-state index contributed by atoms with van der Waals surface area (Å²) in [6.45, 7) is 0.871. The summed E-state index contributed by atoms with van der Waals surface area (Å²) in [6.07, 6.45) is 1.64. The third kappa shape index (κ3) is 4.19. The Balaban J connectivity index is 0.00000192. The molecule has 1 heterocycles. The Morgan fingerprint density at radius 1 is 1.22 bits per heavy atom. The summed E-state index contributed by atoms with van der Waals surface area (Å²) in [5, 5.41) is 3.17. The average Bonchev–Trinajstić information content (AvgIpc) is 3.05. The maximum atomic E-state index is 13.9. The van der Waals surface area contributed by atoms with Gasteiger partial charge in [-0.3, -0.25) is 0 Å². The van der Waals surface area contributed by atoms with Crippen LogP contribution in [0.1, 0.15) is 23.7 Å². The number of ether oxygens (including phenoxy) is 1. The Morgan fingerprint density at radius 3 is 2.74 bits per heavy atom. The molecule has 0 radical (unpaired) electrons. The number of rotatable bonds is 6. The van der Waals surface area contributed by atoms with Gasteiger partial charge in [0.2, 0.25) is 0 Å². The van der Waals surface area contributed by atoms with Gasteiger partial charge in [0.05, 0.1) is 4.90 Å². The fourth-order valence-electron chi connectivity index (χ4n) is 2.71. The molecule has 1 aliphatic rings. The molecular weight excluding hydrogens is 333 g/mol. The minimum atomic E-state index is -0.112. The molecule has 5 heteroatoms. The highest BCUT2D eigenvalue weighted by Gasteiger charge is 2.23. The summed E-state index contributed by atoms with van der Waals surface area (Å²) in [6, 6.07) is 13.5. The first-order valence-corrected chi connectivity index (χ1v) is 8.58. The fraction of sp³-hybridized carbons (Fsp3) is 0.333. The molecule has 2 aromatic carbocycles. The third-order valence-electron chi connectivity index (χ3n) is 3.86. The van der Waals surface area contributed by atoms with Gasteiger partial charge in [0, 0.05) is 17.7 Å². The van der Waals surface area contributed by atoms with Crippen molar-refractivity contribution in [2.45, 2.75) is 23.8 Å². The molecule has 23 heavy (non-hydrogen) atoms. The van der Waals surface area contributed by atoms with Crippen molar-refractivity contribution in [1.82, 2.24) is 5.32 Å². The Kier molecular flexibility index (Phi) is 6.75. The van der Waals surface area contributed by atoms with Crippen LogP contribution in [0.25, 0.3) is 0 Å². The summed E-state index contributed by atoms with van der Waals surface area (Å²) in [7, 11) is 1.94. The van der Waals surface area contributed by atoms with Gasteiger partial charge < -0.3 is 10.1 Å². The molecule has 2 aromatic rings. The van der Waals surface area contributed by atoms with E-state index in [4.69, 9.17) is 4.74 Å². The van der Waals surface area contributed by atoms with Gasteiger partial charge in [-0.15, -0.1) is 24.2 Å². The van der Waals surface area contributed by atoms with Crippen LogP contribution in [0.4, 0.5) is 4.39 Å². The first kappa shape index (κ1) is 18.1. The van der Waals surface area contributed by atoms with Gasteiger partial charge in [-0.25, -0.2) is 4.39 Å². The molecule has 0 saturated heterocycles. The van der Waals surface area contributed by atoms with E-state index < -0.39 is 0 Å². The smallest absolute Gasteiger partial charge is 0.134 e. The Bertz CT molecular complexity index is 638. The number of thioether (sulfide) groups is 1. The van der Waals surface area contributed by atoms with Crippen molar-refractivity contribution < 1.29 is 9.13 Å². The second-order valence-electron chi connectivity index (χ2n) is 5.36. The molecule has 0 fully saturated rings. The quantitative estimate of drug-likeness (QED) is 0.818. The average molecular weight is 354 g/mol. The van der Waals surface area contributed by atoms with Gasteiger partial charge in [0.15, 0.2) is 0 Å². The van der Waals surface area contributed by atoms with Crippen LogP contribution in [-0.2, 0) is 6.42 Å². The van der Waals surface area contributed by atoms with Crippen molar-refractivity contribution in [2.24, 2.45) is 0 Å². The van der Waals surface area contributed by atoms with Gasteiger partial charge in [-0.05, 0) is 37.7 Å². The summed E-state index contributed by atoms with van der Waals surface area (Å²) < 4.78 is 20.1. The first-order valence-electron chi connectivity index (χ1n) is 7.60. The lowest BCUT2D eigenvalue weighted by Crippen LogP contribution is -2.16. The van der Waals surface area contributed by atoms with Crippen molar-refractivity contribution >= 4 is 24.2 Å². The van der Waals surface area contributed by atoms with E-state index in [-0.39, 0.29) is 24.3 Å². The van der Waals surface area contributed by atoms with Crippen molar-refractivity contribution in [1.29, 1.82) is 0 Å². The summed E-state index contributed by atoms with van der Waals surface area (Å²) in [5.41, 5.74) is 1.96. The number of hydrogen-bond donors (Lipinski definition) is 1. The maximum absolute atomic E-state index is 13.9. The molecule has 0 bridgehead atoms. The molecular formula is C18H21ClFNOS. The van der Waals surface area contributed by atoms with Gasteiger partial charge in [-0.2, -0.15) is 0 Å². The third-order valence-corrected chi connectivity index (χ3v) is 5.01. The predicted octanol–water partition coefficient (Wildman–Crippen LogP) is 4.63. The van der Waals surface area contributed by atoms with E-state index in [1.165, 1.54) is 6.07 Å². The lowest BCUT2D eigenvalue weighted by molar-refractivity contribution is 0.189. The number of hydrogen-bond acceptors (Lipinski definition) is 3. The summed E-state index contributed by atoms with van der Waals surface area (Å²) >= 11 is 1.69. The SMILES string of the molecule is CNCCC(Oc1ccc(F)c2c1SCC2)c1ccccc1.Cl. The molecule has 1 N–H and O–H groups in total. The van der Waals surface area contributed by atoms with Crippen LogP contribution in [0.5, 0.6) is 5.75 Å². The highest BCUT2D eigenvalue weighted by molar-refractivity contribution is 7.99. The van der Waals surface area contributed by atoms with E-state index in [2.05, 4.69) is 17.4 Å². The molecule has 1 aliphatic heterocycles. The van der Waals surface area contributed by atoms with Crippen LogP contribution in [0.3, 0.4) is 0 Å². The van der Waals surface area contributed by atoms with Crippen LogP contribution < -0.4 is 10.1 Å². The first-order chi connectivity index (χ1) is 10.8. The zero-order chi connectivity index (χ0) is 15.4. The van der Waals surface area contributed by atoms with Gasteiger partial charge in [-0.1, -0.05) is 30.3 Å². The molecule has 3 rings (SSSR count). The molecule has 0 saturated carbocycles. The van der Waals surface area contributed by atoms with Gasteiger partial charge >= 0.3 is 0 Å². The fourth-order valence-corrected chi connectivity index (χ4v) is 3.85. The molecule has 0 aliphatic carbocycles. The van der Waals surface area contributed by atoms with Gasteiger partial charge in [0.1, 0.15) is 17.7 Å². The topological polar surface area (TPSA) is 21.3 Å². The Labute approximate surface area is 147 Å². The van der Waals surface area contributed by atoms with Crippen LogP contribution in [-0.4, -0.2) is 19.3 Å². The van der Waals surface area contributed by atoms with E-state index in [9.17, 15) is 4.39 Å². The normalized spacial score (nSPS) is 14.0. The molecule has 0 amide bonds. The second kappa shape index (κ2) is 8.57. The van der Waals surface area contributed by atoms with Gasteiger partial charge in [0.25, 0.3) is 0 Å². The monoisotopic (exact) mass is 353 g/mol. The zero-order valence-electron chi connectivity index (χ0n) is 13.0. The number of benzene rings is 2. The maximum Gasteiger partial charge on any atom is 0.134 e. The predicted molar refractivity (Wildman–Crippen MR) is 96.4 cm³/mol. The van der Waals surface area contributed by atoms with Crippen LogP contribution in [0.2, 0.25) is 0 Å². The lowest BCUT2D eigenvalue weighted by Gasteiger charge is -2.21. The lowest BCUT2D eigenvalue weighted by atomic mass is 10.1. The minimum Gasteiger partial charge on any atom is -0.485 e. The highest BCUT2D eigenvalue weighted by Crippen LogP contribution is 2.42. The Morgan fingerprint density at radius 2 is 2.00 bits per heavy atom. The highest BCUT2D eigenvalue weighted by atomic mass is 35.5. The zero-order valence-corrected chi connectivity index (χ0v) is 14.7. The summed E-state index contributed by atoms with van der Waals surface area (Å²) in [5.74, 6) is 1.63. The molecule has 0 aromatic heterocycles. The van der Waals surface area contributed by atoms with Crippen LogP contribution in [0, 0.1) is 5.82 Å². The van der Waals surface area contributed by atoms with Crippen molar-refractivity contribution in [3.8, 4) is 5.75 Å². The largest absolute Gasteiger partial charge is 0.485 e. The van der Waals surface area contributed by atoms with E-state index in [1.807, 2.05) is 25.2 Å². The molecule has 0 spiro atoms. The Hall–Kier alpha value is -1.23. The number of nitrogens with one attached hydrogen (secondary N) is 1. The minimum absolute atomic E-state index is 0. The molecule has 2 nitrogen and oxygen atoms in total. The van der Waals surface area contributed by atoms with E-state index >= 15 is 0 Å². The standard InChI is InChI=1S/C18H20FNOS.ClH/c1-20-11-9-16(13-5-3-2-4-6-13)21-17-8-7-15(19)14-10-12-22-18(14)17;/h2-8,16,20H,9-12H2,1H3;1H. The van der Waals surface area contributed by atoms with Crippen LogP contribution >= 0.6 is 24.2 Å². The molecule has 1 unspecified atom stereocenters. The number of fused-ring (bicyclic) bond motifs is 1. The van der Waals surface area contributed by atoms with E-state index in [0.717, 1.165) is 46.9 Å². The van der Waals surface area contributed by atoms with Crippen molar-refractivity contribution in [3.05, 3.63) is 59.4 Å². The van der Waals surface area contributed by atoms with E-state index in [0.29, 0.717) is 0 Å². The summed E-state index contributed by atoms with van der Waals surface area (Å²) in [4.78, 5) is 0.977. The van der Waals surface area contributed by atoms with E-state index in [1.54, 1.807) is 17.8 Å². The van der Waals surface area contributed by atoms with Crippen LogP contribution in [0.15, 0.2) is 47.4 Å². The van der Waals surface area contributed by atoms with Crippen molar-refractivity contribution in [3.63, 3.8) is 0 Å². The molecule has 124 valence electrons. The number of halogens is 2. The van der Waals surface area contributed by atoms with Crippen molar-refractivity contribution in [2.75, 3.05) is 19.3 Å².